The van der Waals surface area contributed by atoms with Crippen LogP contribution in [0.4, 0.5) is 5.69 Å². The molecular formula is C35H62N2O2. The lowest BCUT2D eigenvalue weighted by atomic mass is 10.0. The van der Waals surface area contributed by atoms with Crippen LogP contribution < -0.4 is 5.32 Å². The van der Waals surface area contributed by atoms with Crippen molar-refractivity contribution in [2.75, 3.05) is 18.4 Å². The maximum atomic E-state index is 12.7. The molecule has 0 aliphatic heterocycles. The number of hydrogen-bond donors (Lipinski definition) is 1. The van der Waals surface area contributed by atoms with Gasteiger partial charge in [-0.25, -0.2) is 0 Å². The van der Waals surface area contributed by atoms with E-state index in [1.807, 2.05) is 29.2 Å². The summed E-state index contributed by atoms with van der Waals surface area (Å²) >= 11 is 0. The van der Waals surface area contributed by atoms with E-state index in [0.717, 1.165) is 44.5 Å². The number of benzene rings is 1. The molecule has 0 bridgehead atoms. The lowest BCUT2D eigenvalue weighted by Gasteiger charge is -2.21. The average Bonchev–Trinajstić information content (AvgIpc) is 2.94. The average molecular weight is 543 g/mol. The first-order valence-corrected chi connectivity index (χ1v) is 16.8. The molecule has 224 valence electrons. The van der Waals surface area contributed by atoms with Crippen LogP contribution >= 0.6 is 0 Å². The summed E-state index contributed by atoms with van der Waals surface area (Å²) in [6.45, 7) is 8.04. The van der Waals surface area contributed by atoms with Crippen LogP contribution in [0.15, 0.2) is 24.3 Å². The van der Waals surface area contributed by atoms with Crippen molar-refractivity contribution < 1.29 is 9.59 Å². The van der Waals surface area contributed by atoms with E-state index < -0.39 is 0 Å². The van der Waals surface area contributed by atoms with Gasteiger partial charge in [0.15, 0.2) is 0 Å². The van der Waals surface area contributed by atoms with E-state index in [-0.39, 0.29) is 11.8 Å². The highest BCUT2D eigenvalue weighted by atomic mass is 16.2. The number of nitrogens with zero attached hydrogens (tertiary/aromatic N) is 1. The van der Waals surface area contributed by atoms with Crippen molar-refractivity contribution in [3.05, 3.63) is 29.8 Å². The van der Waals surface area contributed by atoms with Gasteiger partial charge in [0.1, 0.15) is 0 Å². The molecule has 39 heavy (non-hydrogen) atoms. The third-order valence-electron chi connectivity index (χ3n) is 7.70. The van der Waals surface area contributed by atoms with E-state index in [9.17, 15) is 9.59 Å². The Morgan fingerprint density at radius 2 is 0.923 bits per heavy atom. The van der Waals surface area contributed by atoms with Crippen LogP contribution in [0.1, 0.15) is 172 Å². The molecule has 0 fully saturated rings. The Hall–Kier alpha value is -1.84. The van der Waals surface area contributed by atoms with Gasteiger partial charge in [0.2, 0.25) is 5.91 Å². The Bertz CT molecular complexity index is 710. The molecular weight excluding hydrogens is 480 g/mol. The second kappa shape index (κ2) is 25.1. The van der Waals surface area contributed by atoms with Gasteiger partial charge in [-0.2, -0.15) is 0 Å². The highest BCUT2D eigenvalue weighted by molar-refractivity contribution is 5.95. The Kier molecular flexibility index (Phi) is 22.7. The molecule has 4 nitrogen and oxygen atoms in total. The summed E-state index contributed by atoms with van der Waals surface area (Å²) in [6, 6.07) is 7.34. The molecule has 0 spiro atoms. The summed E-state index contributed by atoms with van der Waals surface area (Å²) in [5.41, 5.74) is 1.46. The first kappa shape index (κ1) is 35.2. The third kappa shape index (κ3) is 19.0. The van der Waals surface area contributed by atoms with Gasteiger partial charge in [0.25, 0.3) is 5.91 Å². The van der Waals surface area contributed by atoms with Crippen molar-refractivity contribution in [2.24, 2.45) is 0 Å². The minimum absolute atomic E-state index is 0.0691. The number of carbonyl (C=O) groups is 2. The number of unbranched alkanes of at least 4 members (excludes halogenated alkanes) is 18. The Morgan fingerprint density at radius 1 is 0.538 bits per heavy atom. The van der Waals surface area contributed by atoms with E-state index in [2.05, 4.69) is 26.1 Å². The quantitative estimate of drug-likeness (QED) is 0.118. The molecule has 0 heterocycles. The first-order valence-electron chi connectivity index (χ1n) is 16.8. The summed E-state index contributed by atoms with van der Waals surface area (Å²) in [7, 11) is 0. The van der Waals surface area contributed by atoms with Gasteiger partial charge in [0.05, 0.1) is 0 Å². The van der Waals surface area contributed by atoms with Crippen molar-refractivity contribution in [3.8, 4) is 0 Å². The Morgan fingerprint density at radius 3 is 1.31 bits per heavy atom. The lowest BCUT2D eigenvalue weighted by molar-refractivity contribution is -0.116. The molecule has 0 atom stereocenters. The second-order valence-electron chi connectivity index (χ2n) is 11.5. The lowest BCUT2D eigenvalue weighted by Crippen LogP contribution is -2.32. The molecule has 0 aromatic heterocycles. The number of carbonyl (C=O) groups excluding carboxylic acids is 2. The standard InChI is InChI=1S/C35H62N2O2/c1-4-7-8-9-10-11-12-13-14-15-16-17-18-19-20-21-22-23-24-25-34(38)36-33-28-26-32(27-29-33)35(39)37(30-5-2)31-6-3/h26-29H,4-25,30-31H2,1-3H3,(H,36,38). The maximum Gasteiger partial charge on any atom is 0.253 e. The molecule has 0 radical (unpaired) electrons. The molecule has 2 amide bonds. The Balaban J connectivity index is 1.96. The van der Waals surface area contributed by atoms with Crippen molar-refractivity contribution in [3.63, 3.8) is 0 Å². The molecule has 0 unspecified atom stereocenters. The molecule has 0 saturated heterocycles. The van der Waals surface area contributed by atoms with Crippen molar-refractivity contribution >= 4 is 17.5 Å². The molecule has 0 aliphatic rings. The van der Waals surface area contributed by atoms with Crippen LogP contribution in [0.5, 0.6) is 0 Å². The van der Waals surface area contributed by atoms with E-state index in [0.29, 0.717) is 12.0 Å². The topological polar surface area (TPSA) is 49.4 Å². The maximum absolute atomic E-state index is 12.7. The summed E-state index contributed by atoms with van der Waals surface area (Å²) in [5, 5.41) is 2.98. The van der Waals surface area contributed by atoms with Crippen LogP contribution in [0.25, 0.3) is 0 Å². The largest absolute Gasteiger partial charge is 0.339 e. The predicted octanol–water partition coefficient (Wildman–Crippen LogP) is 10.7. The zero-order chi connectivity index (χ0) is 28.4. The van der Waals surface area contributed by atoms with Crippen molar-refractivity contribution in [1.82, 2.24) is 4.90 Å². The highest BCUT2D eigenvalue weighted by Crippen LogP contribution is 2.16. The Labute approximate surface area is 242 Å². The summed E-state index contributed by atoms with van der Waals surface area (Å²) in [5.74, 6) is 0.144. The van der Waals surface area contributed by atoms with Crippen LogP contribution in [0.3, 0.4) is 0 Å². The fourth-order valence-corrected chi connectivity index (χ4v) is 5.32. The second-order valence-corrected chi connectivity index (χ2v) is 11.5. The minimum Gasteiger partial charge on any atom is -0.339 e. The van der Waals surface area contributed by atoms with Crippen LogP contribution in [-0.2, 0) is 4.79 Å². The van der Waals surface area contributed by atoms with Crippen LogP contribution in [0, 0.1) is 0 Å². The van der Waals surface area contributed by atoms with Crippen molar-refractivity contribution in [2.45, 2.75) is 162 Å². The summed E-state index contributed by atoms with van der Waals surface area (Å²) < 4.78 is 0. The number of amides is 2. The molecule has 1 aromatic rings. The number of rotatable bonds is 26. The minimum atomic E-state index is 0.0691. The fourth-order valence-electron chi connectivity index (χ4n) is 5.32. The molecule has 0 aliphatic carbocycles. The highest BCUT2D eigenvalue weighted by Gasteiger charge is 2.14. The van der Waals surface area contributed by atoms with Gasteiger partial charge in [-0.1, -0.05) is 136 Å². The predicted molar refractivity (Wildman–Crippen MR) is 170 cm³/mol. The van der Waals surface area contributed by atoms with Gasteiger partial charge < -0.3 is 10.2 Å². The van der Waals surface area contributed by atoms with E-state index in [4.69, 9.17) is 0 Å². The zero-order valence-corrected chi connectivity index (χ0v) is 26.0. The normalized spacial score (nSPS) is 11.1. The molecule has 1 aromatic carbocycles. The number of anilines is 1. The fraction of sp³-hybridized carbons (Fsp3) is 0.771. The number of hydrogen-bond acceptors (Lipinski definition) is 2. The van der Waals surface area contributed by atoms with E-state index in [1.54, 1.807) is 0 Å². The van der Waals surface area contributed by atoms with Gasteiger partial charge >= 0.3 is 0 Å². The summed E-state index contributed by atoms with van der Waals surface area (Å²) in [6.07, 6.45) is 28.3. The van der Waals surface area contributed by atoms with E-state index in [1.165, 1.54) is 109 Å². The molecule has 0 saturated carbocycles. The third-order valence-corrected chi connectivity index (χ3v) is 7.70. The van der Waals surface area contributed by atoms with Crippen LogP contribution in [0.2, 0.25) is 0 Å². The molecule has 1 rings (SSSR count). The first-order chi connectivity index (χ1) is 19.1. The van der Waals surface area contributed by atoms with Crippen LogP contribution in [-0.4, -0.2) is 29.8 Å². The smallest absolute Gasteiger partial charge is 0.253 e. The summed E-state index contributed by atoms with van der Waals surface area (Å²) in [4.78, 5) is 26.9. The SMILES string of the molecule is CCCCCCCCCCCCCCCCCCCCCC(=O)Nc1ccc(C(=O)N(CCC)CCC)cc1. The van der Waals surface area contributed by atoms with Gasteiger partial charge in [0, 0.05) is 30.8 Å². The van der Waals surface area contributed by atoms with Gasteiger partial charge in [-0.15, -0.1) is 0 Å². The van der Waals surface area contributed by atoms with E-state index >= 15 is 0 Å². The zero-order valence-electron chi connectivity index (χ0n) is 26.0. The molecule has 4 heteroatoms. The van der Waals surface area contributed by atoms with Crippen molar-refractivity contribution in [1.29, 1.82) is 0 Å². The monoisotopic (exact) mass is 542 g/mol. The van der Waals surface area contributed by atoms with Gasteiger partial charge in [-0.3, -0.25) is 9.59 Å². The molecule has 1 N–H and O–H groups in total. The number of nitrogens with one attached hydrogen (secondary N) is 1. The van der Waals surface area contributed by atoms with Gasteiger partial charge in [-0.05, 0) is 43.5 Å².